The van der Waals surface area contributed by atoms with E-state index in [-0.39, 0.29) is 17.7 Å². The average molecular weight is 276 g/mol. The van der Waals surface area contributed by atoms with Crippen molar-refractivity contribution >= 4 is 11.8 Å². The quantitative estimate of drug-likeness (QED) is 0.798. The molecule has 108 valence electrons. The molecule has 1 aliphatic heterocycles. The molecule has 0 radical (unpaired) electrons. The minimum atomic E-state index is -0.416. The van der Waals surface area contributed by atoms with Gasteiger partial charge in [-0.3, -0.25) is 9.59 Å². The third-order valence-electron chi connectivity index (χ3n) is 3.68. The highest BCUT2D eigenvalue weighted by Gasteiger charge is 2.38. The van der Waals surface area contributed by atoms with Gasteiger partial charge in [0.1, 0.15) is 12.4 Å². The molecule has 0 aliphatic carbocycles. The lowest BCUT2D eigenvalue weighted by atomic mass is 9.98. The van der Waals surface area contributed by atoms with Crippen molar-refractivity contribution in [2.24, 2.45) is 5.92 Å². The van der Waals surface area contributed by atoms with Crippen molar-refractivity contribution < 1.29 is 9.59 Å². The summed E-state index contributed by atoms with van der Waals surface area (Å²) in [7, 11) is 1.77. The Morgan fingerprint density at radius 1 is 1.40 bits per heavy atom. The molecule has 1 atom stereocenters. The number of carbonyl (C=O) groups excluding carboxylic acids is 2. The van der Waals surface area contributed by atoms with Crippen LogP contribution in [-0.2, 0) is 4.79 Å². The van der Waals surface area contributed by atoms with Gasteiger partial charge in [0.15, 0.2) is 0 Å². The number of carbonyl (C=O) groups is 2. The molecular formula is C14H20N4O2. The summed E-state index contributed by atoms with van der Waals surface area (Å²) in [5.74, 6) is -0.100. The van der Waals surface area contributed by atoms with Gasteiger partial charge < -0.3 is 9.80 Å². The number of likely N-dealkylation sites (N-methyl/N-ethyl adjacent to an activating group) is 1. The van der Waals surface area contributed by atoms with Crippen LogP contribution in [0.3, 0.4) is 0 Å². The lowest BCUT2D eigenvalue weighted by Crippen LogP contribution is -2.59. The fourth-order valence-corrected chi connectivity index (χ4v) is 2.49. The number of amides is 2. The normalized spacial score (nSPS) is 19.6. The first-order valence-electron chi connectivity index (χ1n) is 6.76. The predicted octanol–water partition coefficient (Wildman–Crippen LogP) is 0.724. The van der Waals surface area contributed by atoms with Crippen LogP contribution in [-0.4, -0.2) is 57.8 Å². The van der Waals surface area contributed by atoms with Gasteiger partial charge in [-0.2, -0.15) is 0 Å². The van der Waals surface area contributed by atoms with Gasteiger partial charge in [0, 0.05) is 26.3 Å². The summed E-state index contributed by atoms with van der Waals surface area (Å²) in [6, 6.07) is -0.416. The van der Waals surface area contributed by atoms with Crippen molar-refractivity contribution in [3.05, 3.63) is 23.8 Å². The molecule has 0 N–H and O–H groups in total. The molecule has 0 bridgehead atoms. The Labute approximate surface area is 118 Å². The molecule has 2 rings (SSSR count). The van der Waals surface area contributed by atoms with E-state index >= 15 is 0 Å². The summed E-state index contributed by atoms with van der Waals surface area (Å²) in [4.78, 5) is 36.3. The van der Waals surface area contributed by atoms with Crippen LogP contribution in [0.5, 0.6) is 0 Å². The molecular weight excluding hydrogens is 256 g/mol. The molecule has 0 spiro atoms. The zero-order valence-corrected chi connectivity index (χ0v) is 12.3. The van der Waals surface area contributed by atoms with Crippen LogP contribution < -0.4 is 0 Å². The number of aryl methyl sites for hydroxylation is 1. The van der Waals surface area contributed by atoms with E-state index in [0.29, 0.717) is 24.3 Å². The highest BCUT2D eigenvalue weighted by Crippen LogP contribution is 2.20. The topological polar surface area (TPSA) is 66.4 Å². The molecule has 1 aliphatic rings. The summed E-state index contributed by atoms with van der Waals surface area (Å²) in [5, 5.41) is 0. The van der Waals surface area contributed by atoms with Crippen molar-refractivity contribution in [3.63, 3.8) is 0 Å². The maximum absolute atomic E-state index is 12.7. The van der Waals surface area contributed by atoms with Gasteiger partial charge in [0.05, 0.1) is 11.3 Å². The van der Waals surface area contributed by atoms with E-state index in [0.717, 1.165) is 0 Å². The van der Waals surface area contributed by atoms with Gasteiger partial charge in [-0.25, -0.2) is 9.97 Å². The number of hydrogen-bond acceptors (Lipinski definition) is 4. The van der Waals surface area contributed by atoms with E-state index in [2.05, 4.69) is 9.97 Å². The van der Waals surface area contributed by atoms with Crippen LogP contribution in [0.1, 0.15) is 29.9 Å². The highest BCUT2D eigenvalue weighted by molar-refractivity contribution is 5.98. The zero-order chi connectivity index (χ0) is 14.9. The van der Waals surface area contributed by atoms with Crippen LogP contribution >= 0.6 is 0 Å². The van der Waals surface area contributed by atoms with Crippen LogP contribution in [0.4, 0.5) is 0 Å². The molecule has 1 fully saturated rings. The Balaban J connectivity index is 2.33. The molecule has 1 saturated heterocycles. The second kappa shape index (κ2) is 5.56. The first-order chi connectivity index (χ1) is 9.43. The lowest BCUT2D eigenvalue weighted by molar-refractivity contribution is -0.140. The molecule has 6 nitrogen and oxygen atoms in total. The summed E-state index contributed by atoms with van der Waals surface area (Å²) >= 11 is 0. The van der Waals surface area contributed by atoms with E-state index in [9.17, 15) is 9.59 Å². The van der Waals surface area contributed by atoms with Crippen LogP contribution in [0, 0.1) is 12.8 Å². The summed E-state index contributed by atoms with van der Waals surface area (Å²) in [6.07, 6.45) is 2.94. The molecule has 0 unspecified atom stereocenters. The number of piperazine rings is 1. The minimum Gasteiger partial charge on any atom is -0.342 e. The van der Waals surface area contributed by atoms with E-state index in [1.165, 1.54) is 12.5 Å². The van der Waals surface area contributed by atoms with Crippen molar-refractivity contribution in [2.45, 2.75) is 26.8 Å². The summed E-state index contributed by atoms with van der Waals surface area (Å²) < 4.78 is 0. The Morgan fingerprint density at radius 2 is 2.10 bits per heavy atom. The van der Waals surface area contributed by atoms with Crippen molar-refractivity contribution in [2.75, 3.05) is 20.1 Å². The molecule has 2 heterocycles. The highest BCUT2D eigenvalue weighted by atomic mass is 16.2. The Hall–Kier alpha value is -1.98. The van der Waals surface area contributed by atoms with Gasteiger partial charge in [-0.1, -0.05) is 13.8 Å². The Kier molecular flexibility index (Phi) is 4.01. The molecule has 2 amide bonds. The van der Waals surface area contributed by atoms with Crippen molar-refractivity contribution in [3.8, 4) is 0 Å². The first kappa shape index (κ1) is 14.4. The fourth-order valence-electron chi connectivity index (χ4n) is 2.49. The van der Waals surface area contributed by atoms with Gasteiger partial charge in [-0.15, -0.1) is 0 Å². The van der Waals surface area contributed by atoms with E-state index in [1.807, 2.05) is 13.8 Å². The van der Waals surface area contributed by atoms with Gasteiger partial charge in [0.25, 0.3) is 5.91 Å². The molecule has 1 aromatic rings. The smallest absolute Gasteiger partial charge is 0.258 e. The predicted molar refractivity (Wildman–Crippen MR) is 74.1 cm³/mol. The SMILES string of the molecule is Cc1ncncc1C(=O)N1CCN(C)C(=O)[C@@H]1C(C)C. The monoisotopic (exact) mass is 276 g/mol. The minimum absolute atomic E-state index is 0.00546. The number of aromatic nitrogens is 2. The average Bonchev–Trinajstić information content (AvgIpc) is 2.41. The molecule has 0 saturated carbocycles. The maximum atomic E-state index is 12.7. The third-order valence-corrected chi connectivity index (χ3v) is 3.68. The van der Waals surface area contributed by atoms with Gasteiger partial charge >= 0.3 is 0 Å². The van der Waals surface area contributed by atoms with Gasteiger partial charge in [0.2, 0.25) is 5.91 Å². The van der Waals surface area contributed by atoms with Crippen LogP contribution in [0.2, 0.25) is 0 Å². The Bertz CT molecular complexity index is 530. The number of nitrogens with zero attached hydrogens (tertiary/aromatic N) is 4. The Morgan fingerprint density at radius 3 is 2.70 bits per heavy atom. The van der Waals surface area contributed by atoms with Gasteiger partial charge in [-0.05, 0) is 12.8 Å². The van der Waals surface area contributed by atoms with Crippen molar-refractivity contribution in [1.29, 1.82) is 0 Å². The largest absolute Gasteiger partial charge is 0.342 e. The third kappa shape index (κ3) is 2.50. The first-order valence-corrected chi connectivity index (χ1v) is 6.76. The molecule has 20 heavy (non-hydrogen) atoms. The fraction of sp³-hybridized carbons (Fsp3) is 0.571. The number of hydrogen-bond donors (Lipinski definition) is 0. The van der Waals surface area contributed by atoms with Crippen molar-refractivity contribution in [1.82, 2.24) is 19.8 Å². The molecule has 6 heteroatoms. The maximum Gasteiger partial charge on any atom is 0.258 e. The van der Waals surface area contributed by atoms with Crippen LogP contribution in [0.25, 0.3) is 0 Å². The summed E-state index contributed by atoms with van der Waals surface area (Å²) in [6.45, 7) is 6.78. The van der Waals surface area contributed by atoms with E-state index in [4.69, 9.17) is 0 Å². The summed E-state index contributed by atoms with van der Waals surface area (Å²) in [5.41, 5.74) is 1.11. The zero-order valence-electron chi connectivity index (χ0n) is 12.3. The standard InChI is InChI=1S/C14H20N4O2/c1-9(2)12-14(20)17(4)5-6-18(12)13(19)11-7-15-8-16-10(11)3/h7-9,12H,5-6H2,1-4H3/t12-/m0/s1. The number of rotatable bonds is 2. The molecule has 0 aromatic carbocycles. The van der Waals surface area contributed by atoms with E-state index < -0.39 is 6.04 Å². The molecule has 1 aromatic heterocycles. The lowest BCUT2D eigenvalue weighted by Gasteiger charge is -2.41. The second-order valence-electron chi connectivity index (χ2n) is 5.47. The second-order valence-corrected chi connectivity index (χ2v) is 5.47. The van der Waals surface area contributed by atoms with Crippen LogP contribution in [0.15, 0.2) is 12.5 Å². The van der Waals surface area contributed by atoms with E-state index in [1.54, 1.807) is 23.8 Å².